The number of hydrogen-bond acceptors (Lipinski definition) is 5. The molecule has 0 spiro atoms. The van der Waals surface area contributed by atoms with Gasteiger partial charge in [0.25, 0.3) is 0 Å². The molecule has 3 aromatic rings. The maximum atomic E-state index is 6.35. The largest absolute Gasteiger partial charge is 0.497 e. The minimum Gasteiger partial charge on any atom is -0.497 e. The van der Waals surface area contributed by atoms with E-state index in [1.165, 1.54) is 0 Å². The maximum absolute atomic E-state index is 6.35. The summed E-state index contributed by atoms with van der Waals surface area (Å²) in [4.78, 5) is 0. The number of halogens is 1. The van der Waals surface area contributed by atoms with Crippen LogP contribution in [0.25, 0.3) is 0 Å². The molecule has 1 aliphatic heterocycles. The topological polar surface area (TPSA) is 49.0 Å². The van der Waals surface area contributed by atoms with E-state index >= 15 is 0 Å². The van der Waals surface area contributed by atoms with Gasteiger partial charge in [-0.15, -0.1) is 0 Å². The number of anilines is 1. The van der Waals surface area contributed by atoms with Gasteiger partial charge >= 0.3 is 0 Å². The van der Waals surface area contributed by atoms with Gasteiger partial charge in [0.2, 0.25) is 0 Å². The zero-order valence-electron chi connectivity index (χ0n) is 19.4. The van der Waals surface area contributed by atoms with Gasteiger partial charge in [0.05, 0.1) is 13.7 Å². The van der Waals surface area contributed by atoms with Gasteiger partial charge in [-0.05, 0) is 61.4 Å². The summed E-state index contributed by atoms with van der Waals surface area (Å²) in [6.45, 7) is 5.12. The first-order valence-corrected chi connectivity index (χ1v) is 11.4. The molecule has 6 heteroatoms. The van der Waals surface area contributed by atoms with Crippen molar-refractivity contribution in [3.63, 3.8) is 0 Å². The van der Waals surface area contributed by atoms with Gasteiger partial charge < -0.3 is 24.3 Å². The van der Waals surface area contributed by atoms with E-state index in [1.807, 2.05) is 74.5 Å². The molecule has 0 radical (unpaired) electrons. The van der Waals surface area contributed by atoms with Crippen molar-refractivity contribution in [3.05, 3.63) is 88.4 Å². The fourth-order valence-corrected chi connectivity index (χ4v) is 4.31. The van der Waals surface area contributed by atoms with Crippen molar-refractivity contribution >= 4 is 17.3 Å². The van der Waals surface area contributed by atoms with Crippen LogP contribution in [0.4, 0.5) is 5.69 Å². The van der Waals surface area contributed by atoms with Crippen LogP contribution in [0.5, 0.6) is 11.5 Å². The summed E-state index contributed by atoms with van der Waals surface area (Å²) >= 11 is 6.33. The zero-order chi connectivity index (χ0) is 23.4. The summed E-state index contributed by atoms with van der Waals surface area (Å²) in [5.74, 6) is 1.65. The van der Waals surface area contributed by atoms with E-state index in [1.54, 1.807) is 14.2 Å². The lowest BCUT2D eigenvalue weighted by Crippen LogP contribution is -2.50. The molecular formula is C27H30ClNO4. The summed E-state index contributed by atoms with van der Waals surface area (Å²) in [5.41, 5.74) is 3.47. The predicted octanol–water partition coefficient (Wildman–Crippen LogP) is 6.40. The smallest absolute Gasteiger partial charge is 0.132 e. The summed E-state index contributed by atoms with van der Waals surface area (Å²) in [7, 11) is 3.38. The third-order valence-corrected chi connectivity index (χ3v) is 6.30. The molecule has 3 aromatic carbocycles. The monoisotopic (exact) mass is 467 g/mol. The van der Waals surface area contributed by atoms with Gasteiger partial charge in [0.15, 0.2) is 0 Å². The quantitative estimate of drug-likeness (QED) is 0.415. The Morgan fingerprint density at radius 3 is 2.45 bits per heavy atom. The second-order valence-corrected chi connectivity index (χ2v) is 9.05. The average Bonchev–Trinajstić information content (AvgIpc) is 2.82. The summed E-state index contributed by atoms with van der Waals surface area (Å²) in [6, 6.07) is 21.8. The van der Waals surface area contributed by atoms with Gasteiger partial charge in [0, 0.05) is 29.9 Å². The highest BCUT2D eigenvalue weighted by Gasteiger charge is 2.45. The lowest BCUT2D eigenvalue weighted by Gasteiger charge is -2.44. The van der Waals surface area contributed by atoms with Crippen LogP contribution in [-0.4, -0.2) is 25.9 Å². The van der Waals surface area contributed by atoms with E-state index < -0.39 is 5.60 Å². The van der Waals surface area contributed by atoms with Crippen molar-refractivity contribution in [2.45, 2.75) is 44.8 Å². The second kappa shape index (κ2) is 10.0. The molecule has 1 N–H and O–H groups in total. The first-order chi connectivity index (χ1) is 15.9. The molecule has 174 valence electrons. The molecule has 0 amide bonds. The number of hydrogen-bond donors (Lipinski definition) is 1. The Morgan fingerprint density at radius 1 is 1.00 bits per heavy atom. The third-order valence-electron chi connectivity index (χ3n) is 5.94. The Balaban J connectivity index is 1.52. The SMILES string of the molecule is COc1ccc(CNc2ccc3c(c2)C(OC)C(OCc2ccccc2Cl)C(C)(C)O3)cc1. The standard InChI is InChI=1S/C27H30ClNO4/c1-27(2)26(32-17-19-7-5-6-8-23(19)28)25(31-4)22-15-20(11-14-24(22)33-27)29-16-18-9-12-21(30-3)13-10-18/h5-15,25-26,29H,16-17H2,1-4H3. The van der Waals surface area contributed by atoms with Crippen LogP contribution in [0.2, 0.25) is 5.02 Å². The molecule has 0 bridgehead atoms. The second-order valence-electron chi connectivity index (χ2n) is 8.64. The number of fused-ring (bicyclic) bond motifs is 1. The Hall–Kier alpha value is -2.73. The van der Waals surface area contributed by atoms with E-state index in [4.69, 9.17) is 30.5 Å². The maximum Gasteiger partial charge on any atom is 0.132 e. The van der Waals surface area contributed by atoms with Crippen molar-refractivity contribution in [1.82, 2.24) is 0 Å². The third kappa shape index (κ3) is 5.27. The molecule has 33 heavy (non-hydrogen) atoms. The minimum absolute atomic E-state index is 0.283. The van der Waals surface area contributed by atoms with Crippen LogP contribution in [0.15, 0.2) is 66.7 Å². The Labute approximate surface area is 200 Å². The molecule has 0 fully saturated rings. The van der Waals surface area contributed by atoms with Crippen molar-refractivity contribution in [2.24, 2.45) is 0 Å². The number of rotatable bonds is 8. The Kier molecular flexibility index (Phi) is 7.13. The number of benzene rings is 3. The van der Waals surface area contributed by atoms with Gasteiger partial charge in [-0.25, -0.2) is 0 Å². The summed E-state index contributed by atoms with van der Waals surface area (Å²) in [5, 5.41) is 4.17. The fraction of sp³-hybridized carbons (Fsp3) is 0.333. The molecule has 5 nitrogen and oxygen atoms in total. The fourth-order valence-electron chi connectivity index (χ4n) is 4.12. The van der Waals surface area contributed by atoms with Crippen LogP contribution in [0.3, 0.4) is 0 Å². The Bertz CT molecular complexity index is 1080. The molecule has 0 saturated heterocycles. The van der Waals surface area contributed by atoms with Gasteiger partial charge in [-0.2, -0.15) is 0 Å². The van der Waals surface area contributed by atoms with Crippen molar-refractivity contribution in [3.8, 4) is 11.5 Å². The van der Waals surface area contributed by atoms with Crippen LogP contribution >= 0.6 is 11.6 Å². The van der Waals surface area contributed by atoms with Crippen LogP contribution < -0.4 is 14.8 Å². The van der Waals surface area contributed by atoms with Crippen LogP contribution in [0.1, 0.15) is 36.6 Å². The number of nitrogens with one attached hydrogen (secondary N) is 1. The lowest BCUT2D eigenvalue weighted by molar-refractivity contribution is -0.159. The van der Waals surface area contributed by atoms with E-state index in [0.717, 1.165) is 33.9 Å². The molecule has 0 aromatic heterocycles. The van der Waals surface area contributed by atoms with E-state index in [2.05, 4.69) is 11.4 Å². The highest BCUT2D eigenvalue weighted by Crippen LogP contribution is 2.44. The normalized spacial score (nSPS) is 18.8. The van der Waals surface area contributed by atoms with E-state index in [9.17, 15) is 0 Å². The van der Waals surface area contributed by atoms with E-state index in [-0.39, 0.29) is 12.2 Å². The average molecular weight is 468 g/mol. The Morgan fingerprint density at radius 2 is 1.76 bits per heavy atom. The molecule has 1 heterocycles. The molecule has 4 rings (SSSR count). The molecule has 2 atom stereocenters. The number of ether oxygens (including phenoxy) is 4. The first kappa shape index (κ1) is 23.4. The van der Waals surface area contributed by atoms with Gasteiger partial charge in [0.1, 0.15) is 29.3 Å². The van der Waals surface area contributed by atoms with Crippen molar-refractivity contribution in [1.29, 1.82) is 0 Å². The van der Waals surface area contributed by atoms with Gasteiger partial charge in [-0.1, -0.05) is 41.9 Å². The van der Waals surface area contributed by atoms with Gasteiger partial charge in [-0.3, -0.25) is 0 Å². The zero-order valence-corrected chi connectivity index (χ0v) is 20.2. The van der Waals surface area contributed by atoms with Crippen LogP contribution in [0, 0.1) is 0 Å². The summed E-state index contributed by atoms with van der Waals surface area (Å²) < 4.78 is 23.9. The molecular weight excluding hydrogens is 438 g/mol. The number of methoxy groups -OCH3 is 2. The lowest BCUT2D eigenvalue weighted by atomic mass is 9.88. The molecule has 0 aliphatic carbocycles. The summed E-state index contributed by atoms with van der Waals surface area (Å²) in [6.07, 6.45) is -0.600. The molecule has 0 saturated carbocycles. The first-order valence-electron chi connectivity index (χ1n) is 11.0. The molecule has 1 aliphatic rings. The highest BCUT2D eigenvalue weighted by molar-refractivity contribution is 6.31. The minimum atomic E-state index is -0.576. The van der Waals surface area contributed by atoms with Crippen molar-refractivity contribution < 1.29 is 18.9 Å². The highest BCUT2D eigenvalue weighted by atomic mass is 35.5. The van der Waals surface area contributed by atoms with Crippen LogP contribution in [-0.2, 0) is 22.6 Å². The predicted molar refractivity (Wildman–Crippen MR) is 131 cm³/mol. The van der Waals surface area contributed by atoms with Crippen molar-refractivity contribution in [2.75, 3.05) is 19.5 Å². The van der Waals surface area contributed by atoms with E-state index in [0.29, 0.717) is 18.2 Å². The molecule has 2 unspecified atom stereocenters.